The maximum Gasteiger partial charge on any atom is 0.260 e. The van der Waals surface area contributed by atoms with Gasteiger partial charge in [-0.2, -0.15) is 0 Å². The van der Waals surface area contributed by atoms with E-state index in [1.54, 1.807) is 0 Å². The molecule has 116 valence electrons. The first kappa shape index (κ1) is 14.5. The fourth-order valence-electron chi connectivity index (χ4n) is 3.09. The number of unbranched alkanes of at least 4 members (excludes halogenated alkanes) is 1. The van der Waals surface area contributed by atoms with Crippen molar-refractivity contribution in [2.24, 2.45) is 0 Å². The Morgan fingerprint density at radius 3 is 2.87 bits per heavy atom. The average Bonchev–Trinajstić information content (AvgIpc) is 2.94. The number of aromatic nitrogens is 3. The fraction of sp³-hybridized carbons (Fsp3) is 0.222. The Bertz CT molecular complexity index is 1090. The minimum absolute atomic E-state index is 0.0547. The van der Waals surface area contributed by atoms with Gasteiger partial charge >= 0.3 is 0 Å². The summed E-state index contributed by atoms with van der Waals surface area (Å²) in [5, 5.41) is 1.62. The van der Waals surface area contributed by atoms with Gasteiger partial charge in [0.25, 0.3) is 5.56 Å². The number of halogens is 1. The molecule has 0 amide bonds. The molecule has 0 aliphatic heterocycles. The third-order valence-corrected chi connectivity index (χ3v) is 4.70. The molecular formula is C18H16BrN3O. The van der Waals surface area contributed by atoms with E-state index in [2.05, 4.69) is 22.9 Å². The first-order valence-electron chi connectivity index (χ1n) is 7.79. The molecular weight excluding hydrogens is 354 g/mol. The lowest BCUT2D eigenvalue weighted by molar-refractivity contribution is 0.629. The molecule has 4 rings (SSSR count). The lowest BCUT2D eigenvalue weighted by atomic mass is 10.1. The predicted molar refractivity (Wildman–Crippen MR) is 97.1 cm³/mol. The molecule has 0 radical (unpaired) electrons. The summed E-state index contributed by atoms with van der Waals surface area (Å²) in [4.78, 5) is 17.8. The number of fused-ring (bicyclic) bond motifs is 5. The first-order valence-corrected chi connectivity index (χ1v) is 8.59. The largest absolute Gasteiger partial charge is 0.292 e. The van der Waals surface area contributed by atoms with Gasteiger partial charge in [0, 0.05) is 28.0 Å². The van der Waals surface area contributed by atoms with Crippen molar-refractivity contribution in [3.63, 3.8) is 0 Å². The average molecular weight is 370 g/mol. The monoisotopic (exact) mass is 369 g/mol. The molecule has 0 N–H and O–H groups in total. The summed E-state index contributed by atoms with van der Waals surface area (Å²) < 4.78 is 4.83. The molecule has 1 aromatic carbocycles. The molecule has 4 nitrogen and oxygen atoms in total. The van der Waals surface area contributed by atoms with E-state index in [-0.39, 0.29) is 5.56 Å². The summed E-state index contributed by atoms with van der Waals surface area (Å²) >= 11 is 3.50. The molecule has 0 fully saturated rings. The van der Waals surface area contributed by atoms with Crippen LogP contribution in [0.15, 0.2) is 51.9 Å². The molecule has 0 unspecified atom stereocenters. The summed E-state index contributed by atoms with van der Waals surface area (Å²) in [5.74, 6) is 0. The molecule has 0 aliphatic rings. The first-order chi connectivity index (χ1) is 11.2. The summed E-state index contributed by atoms with van der Waals surface area (Å²) in [7, 11) is 0. The van der Waals surface area contributed by atoms with Crippen LogP contribution in [0.25, 0.3) is 27.6 Å². The van der Waals surface area contributed by atoms with Crippen molar-refractivity contribution in [3.8, 4) is 0 Å². The summed E-state index contributed by atoms with van der Waals surface area (Å²) in [6.07, 6.45) is 3.98. The van der Waals surface area contributed by atoms with Gasteiger partial charge in [-0.15, -0.1) is 0 Å². The normalized spacial score (nSPS) is 11.7. The highest BCUT2D eigenvalue weighted by Crippen LogP contribution is 2.26. The van der Waals surface area contributed by atoms with Crippen molar-refractivity contribution >= 4 is 43.5 Å². The Kier molecular flexibility index (Phi) is 3.45. The van der Waals surface area contributed by atoms with E-state index in [0.29, 0.717) is 6.54 Å². The van der Waals surface area contributed by atoms with Gasteiger partial charge in [0.2, 0.25) is 0 Å². The van der Waals surface area contributed by atoms with Crippen molar-refractivity contribution in [1.82, 2.24) is 14.0 Å². The van der Waals surface area contributed by atoms with E-state index in [9.17, 15) is 4.79 Å². The van der Waals surface area contributed by atoms with Crippen LogP contribution in [0.1, 0.15) is 19.8 Å². The maximum atomic E-state index is 13.0. The predicted octanol–water partition coefficient (Wildman–Crippen LogP) is 4.37. The molecule has 3 heterocycles. The van der Waals surface area contributed by atoms with Crippen LogP contribution in [0, 0.1) is 0 Å². The molecule has 5 heteroatoms. The molecule has 0 spiro atoms. The third kappa shape index (κ3) is 2.18. The second-order valence-corrected chi connectivity index (χ2v) is 6.63. The molecule has 23 heavy (non-hydrogen) atoms. The zero-order chi connectivity index (χ0) is 16.0. The summed E-state index contributed by atoms with van der Waals surface area (Å²) in [6, 6.07) is 11.7. The number of nitrogens with zero attached hydrogens (tertiary/aromatic N) is 3. The third-order valence-electron chi connectivity index (χ3n) is 4.21. The fourth-order valence-corrected chi connectivity index (χ4v) is 3.45. The molecule has 0 saturated carbocycles. The van der Waals surface area contributed by atoms with Crippen molar-refractivity contribution in [3.05, 3.63) is 57.4 Å². The minimum atomic E-state index is 0.0547. The van der Waals surface area contributed by atoms with Gasteiger partial charge < -0.3 is 0 Å². The van der Waals surface area contributed by atoms with E-state index in [0.717, 1.165) is 44.9 Å². The lowest BCUT2D eigenvalue weighted by Gasteiger charge is -2.10. The van der Waals surface area contributed by atoms with Crippen LogP contribution in [-0.4, -0.2) is 14.0 Å². The van der Waals surface area contributed by atoms with Gasteiger partial charge in [-0.05, 0) is 36.8 Å². The van der Waals surface area contributed by atoms with Crippen LogP contribution in [-0.2, 0) is 6.54 Å². The van der Waals surface area contributed by atoms with Gasteiger partial charge in [-0.25, -0.2) is 4.98 Å². The van der Waals surface area contributed by atoms with Gasteiger partial charge in [0.15, 0.2) is 0 Å². The molecule has 0 bridgehead atoms. The van der Waals surface area contributed by atoms with E-state index >= 15 is 0 Å². The molecule has 0 aliphatic carbocycles. The Balaban J connectivity index is 2.25. The van der Waals surface area contributed by atoms with Crippen LogP contribution >= 0.6 is 15.9 Å². The summed E-state index contributed by atoms with van der Waals surface area (Å²) in [6.45, 7) is 2.84. The van der Waals surface area contributed by atoms with Crippen molar-refractivity contribution in [2.45, 2.75) is 26.3 Å². The van der Waals surface area contributed by atoms with Crippen LogP contribution in [0.3, 0.4) is 0 Å². The molecule has 0 saturated heterocycles. The zero-order valence-electron chi connectivity index (χ0n) is 12.8. The standard InChI is InChI=1S/C18H16BrN3O/c1-2-3-9-22-17-16(20-15-6-4-5-10-21(15)17)14-11-12(19)7-8-13(14)18(22)23/h4-8,10-11H,2-3,9H2,1H3. The Hall–Kier alpha value is -2.14. The van der Waals surface area contributed by atoms with E-state index in [4.69, 9.17) is 4.98 Å². The van der Waals surface area contributed by atoms with Gasteiger partial charge in [-0.3, -0.25) is 13.8 Å². The number of rotatable bonds is 3. The highest BCUT2D eigenvalue weighted by Gasteiger charge is 2.16. The SMILES string of the molecule is CCCCn1c(=O)c2ccc(Br)cc2c2nc3ccccn3c21. The van der Waals surface area contributed by atoms with Crippen molar-refractivity contribution in [1.29, 1.82) is 0 Å². The van der Waals surface area contributed by atoms with E-state index < -0.39 is 0 Å². The summed E-state index contributed by atoms with van der Waals surface area (Å²) in [5.41, 5.74) is 2.67. The Morgan fingerprint density at radius 2 is 2.04 bits per heavy atom. The van der Waals surface area contributed by atoms with Crippen LogP contribution in [0.2, 0.25) is 0 Å². The molecule has 3 aromatic heterocycles. The van der Waals surface area contributed by atoms with Gasteiger partial charge in [0.1, 0.15) is 16.8 Å². The van der Waals surface area contributed by atoms with E-state index in [1.165, 1.54) is 0 Å². The molecule has 0 atom stereocenters. The number of hydrogen-bond donors (Lipinski definition) is 0. The number of hydrogen-bond acceptors (Lipinski definition) is 2. The zero-order valence-corrected chi connectivity index (χ0v) is 14.4. The van der Waals surface area contributed by atoms with Crippen molar-refractivity contribution in [2.75, 3.05) is 0 Å². The quantitative estimate of drug-likeness (QED) is 0.537. The topological polar surface area (TPSA) is 39.3 Å². The van der Waals surface area contributed by atoms with Gasteiger partial charge in [0.05, 0.1) is 0 Å². The number of benzene rings is 1. The Labute approximate surface area is 141 Å². The van der Waals surface area contributed by atoms with E-state index in [1.807, 2.05) is 51.6 Å². The van der Waals surface area contributed by atoms with Crippen LogP contribution in [0.5, 0.6) is 0 Å². The Morgan fingerprint density at radius 1 is 1.17 bits per heavy atom. The van der Waals surface area contributed by atoms with Crippen molar-refractivity contribution < 1.29 is 0 Å². The van der Waals surface area contributed by atoms with Gasteiger partial charge in [-0.1, -0.05) is 35.3 Å². The number of imidazole rings is 1. The number of aryl methyl sites for hydroxylation is 1. The highest BCUT2D eigenvalue weighted by atomic mass is 79.9. The highest BCUT2D eigenvalue weighted by molar-refractivity contribution is 9.10. The smallest absolute Gasteiger partial charge is 0.260 e. The lowest BCUT2D eigenvalue weighted by Crippen LogP contribution is -2.21. The maximum absolute atomic E-state index is 13.0. The number of pyridine rings is 2. The van der Waals surface area contributed by atoms with Crippen LogP contribution < -0.4 is 5.56 Å². The second kappa shape index (κ2) is 5.49. The minimum Gasteiger partial charge on any atom is -0.292 e. The van der Waals surface area contributed by atoms with Crippen LogP contribution in [0.4, 0.5) is 0 Å². The second-order valence-electron chi connectivity index (χ2n) is 5.71. The molecule has 4 aromatic rings.